The van der Waals surface area contributed by atoms with E-state index in [0.29, 0.717) is 6.04 Å². The van der Waals surface area contributed by atoms with E-state index in [1.165, 1.54) is 32.1 Å². The molecule has 2 atom stereocenters. The van der Waals surface area contributed by atoms with Crippen LogP contribution in [0.1, 0.15) is 32.1 Å². The normalized spacial score (nSPS) is 62.5. The Hall–Kier alpha value is 0.250. The molecule has 2 N–H and O–H groups in total. The Balaban J connectivity index is 1.95. The summed E-state index contributed by atoms with van der Waals surface area (Å²) < 4.78 is 0. The summed E-state index contributed by atoms with van der Waals surface area (Å²) in [4.78, 5) is 0.173. The Morgan fingerprint density at radius 3 is 2.17 bits per heavy atom. The van der Waals surface area contributed by atoms with Gasteiger partial charge in [-0.25, -0.2) is 0 Å². The summed E-state index contributed by atoms with van der Waals surface area (Å²) in [5.41, 5.74) is 6.17. The Kier molecular flexibility index (Phi) is 1.39. The zero-order valence-electron chi connectivity index (χ0n) is 7.30. The van der Waals surface area contributed by atoms with E-state index in [9.17, 15) is 0 Å². The molecule has 2 unspecified atom stereocenters. The fourth-order valence-corrected chi connectivity index (χ4v) is 4.58. The molecule has 1 nitrogen and oxygen atoms in total. The highest BCUT2D eigenvalue weighted by Gasteiger charge is 2.53. The second kappa shape index (κ2) is 2.19. The first kappa shape index (κ1) is 7.64. The molecule has 4 aliphatic rings. The molecule has 0 aromatic heterocycles. The Bertz CT molecular complexity index is 200. The SMILES string of the molecule is NC1C2CC3CC1CC(Cl)(C3)C2. The van der Waals surface area contributed by atoms with Gasteiger partial charge in [0.25, 0.3) is 0 Å². The van der Waals surface area contributed by atoms with Crippen LogP contribution in [-0.4, -0.2) is 10.9 Å². The minimum atomic E-state index is 0.173. The van der Waals surface area contributed by atoms with E-state index in [0.717, 1.165) is 17.8 Å². The molecule has 68 valence electrons. The van der Waals surface area contributed by atoms with E-state index in [1.54, 1.807) is 0 Å². The van der Waals surface area contributed by atoms with Crippen LogP contribution in [0.25, 0.3) is 0 Å². The molecule has 0 heterocycles. The molecule has 4 saturated carbocycles. The lowest BCUT2D eigenvalue weighted by Crippen LogP contribution is -2.57. The molecule has 4 bridgehead atoms. The summed E-state index contributed by atoms with van der Waals surface area (Å²) >= 11 is 6.54. The molecule has 12 heavy (non-hydrogen) atoms. The molecule has 4 fully saturated rings. The van der Waals surface area contributed by atoms with E-state index < -0.39 is 0 Å². The van der Waals surface area contributed by atoms with Crippen LogP contribution in [0.2, 0.25) is 0 Å². The lowest BCUT2D eigenvalue weighted by atomic mass is 9.54. The van der Waals surface area contributed by atoms with Crippen molar-refractivity contribution in [3.63, 3.8) is 0 Å². The molecule has 0 radical (unpaired) electrons. The van der Waals surface area contributed by atoms with E-state index in [-0.39, 0.29) is 4.87 Å². The summed E-state index contributed by atoms with van der Waals surface area (Å²) in [5.74, 6) is 2.43. The number of alkyl halides is 1. The molecular formula is C10H16ClN. The monoisotopic (exact) mass is 185 g/mol. The highest BCUT2D eigenvalue weighted by molar-refractivity contribution is 6.24. The number of hydrogen-bond acceptors (Lipinski definition) is 1. The number of halogens is 1. The van der Waals surface area contributed by atoms with E-state index in [1.807, 2.05) is 0 Å². The van der Waals surface area contributed by atoms with Gasteiger partial charge in [0.05, 0.1) is 0 Å². The van der Waals surface area contributed by atoms with Crippen LogP contribution in [0, 0.1) is 17.8 Å². The van der Waals surface area contributed by atoms with Gasteiger partial charge in [0.15, 0.2) is 0 Å². The van der Waals surface area contributed by atoms with Crippen LogP contribution in [0.15, 0.2) is 0 Å². The van der Waals surface area contributed by atoms with Crippen LogP contribution >= 0.6 is 11.6 Å². The zero-order valence-corrected chi connectivity index (χ0v) is 8.06. The third-order valence-corrected chi connectivity index (χ3v) is 4.73. The number of hydrogen-bond donors (Lipinski definition) is 1. The van der Waals surface area contributed by atoms with Crippen molar-refractivity contribution in [3.8, 4) is 0 Å². The fraction of sp³-hybridized carbons (Fsp3) is 1.00. The second-order valence-electron chi connectivity index (χ2n) is 5.20. The summed E-state index contributed by atoms with van der Waals surface area (Å²) in [6.45, 7) is 0. The van der Waals surface area contributed by atoms with Gasteiger partial charge in [-0.3, -0.25) is 0 Å². The highest BCUT2D eigenvalue weighted by atomic mass is 35.5. The zero-order chi connectivity index (χ0) is 8.34. The summed E-state index contributed by atoms with van der Waals surface area (Å²) in [6, 6.07) is 0.480. The second-order valence-corrected chi connectivity index (χ2v) is 6.00. The van der Waals surface area contributed by atoms with Crippen LogP contribution in [0.4, 0.5) is 0 Å². The lowest BCUT2D eigenvalue weighted by Gasteiger charge is -2.56. The third-order valence-electron chi connectivity index (χ3n) is 4.27. The molecule has 0 aliphatic heterocycles. The molecule has 4 rings (SSSR count). The van der Waals surface area contributed by atoms with Crippen molar-refractivity contribution in [2.24, 2.45) is 23.5 Å². The van der Waals surface area contributed by atoms with Crippen LogP contribution in [0.5, 0.6) is 0 Å². The summed E-state index contributed by atoms with van der Waals surface area (Å²) in [6.07, 6.45) is 6.40. The molecule has 0 amide bonds. The average Bonchev–Trinajstić information content (AvgIpc) is 1.96. The molecule has 0 aromatic rings. The first-order chi connectivity index (χ1) is 5.66. The predicted molar refractivity (Wildman–Crippen MR) is 50.1 cm³/mol. The smallest absolute Gasteiger partial charge is 0.0456 e. The Morgan fingerprint density at radius 1 is 1.08 bits per heavy atom. The quantitative estimate of drug-likeness (QED) is 0.575. The van der Waals surface area contributed by atoms with Crippen molar-refractivity contribution in [3.05, 3.63) is 0 Å². The summed E-state index contributed by atoms with van der Waals surface area (Å²) in [7, 11) is 0. The predicted octanol–water partition coefficient (Wildman–Crippen LogP) is 2.13. The molecule has 0 aromatic carbocycles. The topological polar surface area (TPSA) is 26.0 Å². The lowest BCUT2D eigenvalue weighted by molar-refractivity contribution is 0.0144. The van der Waals surface area contributed by atoms with Gasteiger partial charge in [0.2, 0.25) is 0 Å². The standard InChI is InChI=1S/C10H16ClN/c11-10-3-6-1-7(4-10)9(12)8(2-6)5-10/h6-9H,1-5,12H2. The minimum Gasteiger partial charge on any atom is -0.327 e. The van der Waals surface area contributed by atoms with E-state index in [2.05, 4.69) is 0 Å². The molecular weight excluding hydrogens is 170 g/mol. The van der Waals surface area contributed by atoms with Crippen molar-refractivity contribution in [2.45, 2.75) is 43.0 Å². The van der Waals surface area contributed by atoms with E-state index >= 15 is 0 Å². The van der Waals surface area contributed by atoms with Gasteiger partial charge in [-0.1, -0.05) is 0 Å². The maximum Gasteiger partial charge on any atom is 0.0456 e. The third kappa shape index (κ3) is 0.898. The molecule has 0 saturated heterocycles. The van der Waals surface area contributed by atoms with Gasteiger partial charge in [0, 0.05) is 10.9 Å². The Morgan fingerprint density at radius 2 is 1.67 bits per heavy atom. The summed E-state index contributed by atoms with van der Waals surface area (Å²) in [5, 5.41) is 0. The van der Waals surface area contributed by atoms with Crippen LogP contribution in [0.3, 0.4) is 0 Å². The molecule has 4 aliphatic carbocycles. The Labute approximate surface area is 78.6 Å². The average molecular weight is 186 g/mol. The number of rotatable bonds is 0. The maximum absolute atomic E-state index is 6.54. The van der Waals surface area contributed by atoms with Gasteiger partial charge in [0.1, 0.15) is 0 Å². The van der Waals surface area contributed by atoms with Gasteiger partial charge in [-0.15, -0.1) is 11.6 Å². The van der Waals surface area contributed by atoms with Crippen molar-refractivity contribution in [2.75, 3.05) is 0 Å². The van der Waals surface area contributed by atoms with Crippen LogP contribution in [-0.2, 0) is 0 Å². The van der Waals surface area contributed by atoms with Crippen molar-refractivity contribution >= 4 is 11.6 Å². The van der Waals surface area contributed by atoms with Gasteiger partial charge in [-0.2, -0.15) is 0 Å². The van der Waals surface area contributed by atoms with E-state index in [4.69, 9.17) is 17.3 Å². The van der Waals surface area contributed by atoms with Gasteiger partial charge < -0.3 is 5.73 Å². The van der Waals surface area contributed by atoms with Gasteiger partial charge in [-0.05, 0) is 49.9 Å². The van der Waals surface area contributed by atoms with Crippen LogP contribution < -0.4 is 5.73 Å². The minimum absolute atomic E-state index is 0.173. The number of nitrogens with two attached hydrogens (primary N) is 1. The largest absolute Gasteiger partial charge is 0.327 e. The first-order valence-electron chi connectivity index (χ1n) is 5.11. The van der Waals surface area contributed by atoms with Crippen molar-refractivity contribution in [1.82, 2.24) is 0 Å². The van der Waals surface area contributed by atoms with Crippen molar-refractivity contribution in [1.29, 1.82) is 0 Å². The maximum atomic E-state index is 6.54. The first-order valence-corrected chi connectivity index (χ1v) is 5.49. The molecule has 2 heteroatoms. The highest BCUT2D eigenvalue weighted by Crippen LogP contribution is 2.57. The van der Waals surface area contributed by atoms with Gasteiger partial charge >= 0.3 is 0 Å². The van der Waals surface area contributed by atoms with Crippen molar-refractivity contribution < 1.29 is 0 Å². The molecule has 0 spiro atoms. The fourth-order valence-electron chi connectivity index (χ4n) is 3.96.